The SMILES string of the molecule is C#Cc1cncc(SC(OC2COC2C)[C@H](Cn2cc(-c3cc(F)c(F)c(F)c3)cn2)OC)c1. The van der Waals surface area contributed by atoms with Gasteiger partial charge >= 0.3 is 0 Å². The standard InChI is InChI=1S/C24H22F3N3O3S/c1-4-15-5-18(10-28-8-15)34-24(33-22-13-32-14(22)2)21(31-3)12-30-11-17(9-29-30)16-6-19(25)23(27)20(26)7-16/h1,5-11,14,21-22,24H,12-13H2,2-3H3/t14?,21-,22?,24?/m0/s1. The molecule has 0 aliphatic carbocycles. The van der Waals surface area contributed by atoms with E-state index in [4.69, 9.17) is 20.6 Å². The first kappa shape index (κ1) is 24.3. The van der Waals surface area contributed by atoms with E-state index in [1.54, 1.807) is 30.4 Å². The van der Waals surface area contributed by atoms with Crippen molar-refractivity contribution in [2.45, 2.75) is 42.1 Å². The third kappa shape index (κ3) is 5.45. The lowest BCUT2D eigenvalue weighted by Crippen LogP contribution is -2.48. The summed E-state index contributed by atoms with van der Waals surface area (Å²) in [6.45, 7) is 2.69. The van der Waals surface area contributed by atoms with Crippen LogP contribution >= 0.6 is 11.8 Å². The van der Waals surface area contributed by atoms with Gasteiger partial charge < -0.3 is 14.2 Å². The van der Waals surface area contributed by atoms with Gasteiger partial charge in [0.05, 0.1) is 25.5 Å². The molecule has 0 bridgehead atoms. The van der Waals surface area contributed by atoms with Crippen molar-refractivity contribution in [1.29, 1.82) is 0 Å². The second kappa shape index (κ2) is 10.6. The summed E-state index contributed by atoms with van der Waals surface area (Å²) < 4.78 is 59.6. The lowest BCUT2D eigenvalue weighted by atomic mass is 10.1. The zero-order valence-electron chi connectivity index (χ0n) is 18.5. The smallest absolute Gasteiger partial charge is 0.194 e. The number of terminal acetylenes is 1. The van der Waals surface area contributed by atoms with Crippen molar-refractivity contribution in [3.63, 3.8) is 0 Å². The van der Waals surface area contributed by atoms with Gasteiger partial charge in [0.2, 0.25) is 0 Å². The first-order valence-electron chi connectivity index (χ1n) is 10.4. The summed E-state index contributed by atoms with van der Waals surface area (Å²) in [5, 5.41) is 4.28. The summed E-state index contributed by atoms with van der Waals surface area (Å²) in [6, 6.07) is 3.70. The molecule has 3 aromatic rings. The van der Waals surface area contributed by atoms with Crippen molar-refractivity contribution in [3.05, 3.63) is 66.0 Å². The number of halogens is 3. The van der Waals surface area contributed by atoms with Gasteiger partial charge in [-0.15, -0.1) is 6.42 Å². The van der Waals surface area contributed by atoms with E-state index in [1.165, 1.54) is 18.0 Å². The van der Waals surface area contributed by atoms with E-state index in [1.807, 2.05) is 13.0 Å². The summed E-state index contributed by atoms with van der Waals surface area (Å²) in [7, 11) is 1.56. The number of aromatic nitrogens is 3. The maximum Gasteiger partial charge on any atom is 0.194 e. The van der Waals surface area contributed by atoms with Crippen LogP contribution in [0.2, 0.25) is 0 Å². The molecule has 34 heavy (non-hydrogen) atoms. The Hall–Kier alpha value is -2.84. The Bertz CT molecular complexity index is 1180. The van der Waals surface area contributed by atoms with Gasteiger partial charge in [0, 0.05) is 41.7 Å². The number of ether oxygens (including phenoxy) is 3. The van der Waals surface area contributed by atoms with Gasteiger partial charge in [-0.1, -0.05) is 17.7 Å². The monoisotopic (exact) mass is 489 g/mol. The number of nitrogens with zero attached hydrogens (tertiary/aromatic N) is 3. The largest absolute Gasteiger partial charge is 0.376 e. The van der Waals surface area contributed by atoms with Gasteiger partial charge in [0.15, 0.2) is 17.5 Å². The van der Waals surface area contributed by atoms with Crippen LogP contribution in [0.5, 0.6) is 0 Å². The highest BCUT2D eigenvalue weighted by atomic mass is 32.2. The van der Waals surface area contributed by atoms with Crippen molar-refractivity contribution in [2.75, 3.05) is 13.7 Å². The number of benzene rings is 1. The molecule has 0 amide bonds. The first-order valence-corrected chi connectivity index (χ1v) is 11.3. The fourth-order valence-electron chi connectivity index (χ4n) is 3.37. The summed E-state index contributed by atoms with van der Waals surface area (Å²) in [5.41, 5.74) is 0.805. The molecule has 10 heteroatoms. The first-order chi connectivity index (χ1) is 16.4. The summed E-state index contributed by atoms with van der Waals surface area (Å²) >= 11 is 1.42. The highest BCUT2D eigenvalue weighted by Crippen LogP contribution is 2.32. The van der Waals surface area contributed by atoms with E-state index in [0.717, 1.165) is 17.0 Å². The minimum Gasteiger partial charge on any atom is -0.376 e. The van der Waals surface area contributed by atoms with Crippen LogP contribution in [0.1, 0.15) is 12.5 Å². The molecule has 1 aliphatic heterocycles. The van der Waals surface area contributed by atoms with Gasteiger partial charge in [-0.05, 0) is 30.7 Å². The highest BCUT2D eigenvalue weighted by molar-refractivity contribution is 7.99. The molecule has 6 nitrogen and oxygen atoms in total. The highest BCUT2D eigenvalue weighted by Gasteiger charge is 2.35. The van der Waals surface area contributed by atoms with Crippen LogP contribution in [0.4, 0.5) is 13.2 Å². The maximum absolute atomic E-state index is 13.6. The molecule has 1 aliphatic rings. The zero-order chi connectivity index (χ0) is 24.2. The fourth-order valence-corrected chi connectivity index (χ4v) is 4.50. The van der Waals surface area contributed by atoms with E-state index in [0.29, 0.717) is 17.7 Å². The van der Waals surface area contributed by atoms with E-state index < -0.39 is 29.0 Å². The van der Waals surface area contributed by atoms with Crippen LogP contribution in [0, 0.1) is 29.8 Å². The zero-order valence-corrected chi connectivity index (χ0v) is 19.3. The van der Waals surface area contributed by atoms with Crippen LogP contribution in [0.25, 0.3) is 11.1 Å². The minimum absolute atomic E-state index is 0.0460. The number of hydrogen-bond donors (Lipinski definition) is 0. The fraction of sp³-hybridized carbons (Fsp3) is 0.333. The quantitative estimate of drug-likeness (QED) is 0.194. The van der Waals surface area contributed by atoms with E-state index >= 15 is 0 Å². The predicted octanol–water partition coefficient (Wildman–Crippen LogP) is 4.28. The van der Waals surface area contributed by atoms with Gasteiger partial charge in [-0.3, -0.25) is 9.67 Å². The Kier molecular flexibility index (Phi) is 7.58. The lowest BCUT2D eigenvalue weighted by molar-refractivity contribution is -0.198. The number of hydrogen-bond acceptors (Lipinski definition) is 6. The van der Waals surface area contributed by atoms with E-state index in [-0.39, 0.29) is 24.3 Å². The van der Waals surface area contributed by atoms with Crippen LogP contribution in [0.3, 0.4) is 0 Å². The van der Waals surface area contributed by atoms with E-state index in [9.17, 15) is 13.2 Å². The molecular formula is C24H22F3N3O3S. The van der Waals surface area contributed by atoms with Crippen molar-refractivity contribution < 1.29 is 27.4 Å². The average Bonchev–Trinajstić information content (AvgIpc) is 3.31. The third-order valence-corrected chi connectivity index (χ3v) is 6.55. The van der Waals surface area contributed by atoms with Crippen LogP contribution in [-0.4, -0.2) is 52.2 Å². The molecular weight excluding hydrogens is 467 g/mol. The molecule has 2 aromatic heterocycles. The van der Waals surface area contributed by atoms with Crippen molar-refractivity contribution in [1.82, 2.24) is 14.8 Å². The van der Waals surface area contributed by atoms with Gasteiger partial charge in [0.1, 0.15) is 17.6 Å². The van der Waals surface area contributed by atoms with Gasteiger partial charge in [0.25, 0.3) is 0 Å². The molecule has 1 saturated heterocycles. The molecule has 0 radical (unpaired) electrons. The van der Waals surface area contributed by atoms with Crippen LogP contribution < -0.4 is 0 Å². The number of methoxy groups -OCH3 is 1. The molecule has 4 rings (SSSR count). The van der Waals surface area contributed by atoms with Crippen LogP contribution in [0.15, 0.2) is 47.9 Å². The molecule has 0 saturated carbocycles. The minimum atomic E-state index is -1.51. The van der Waals surface area contributed by atoms with Crippen LogP contribution in [-0.2, 0) is 20.8 Å². The van der Waals surface area contributed by atoms with Crippen molar-refractivity contribution in [2.24, 2.45) is 0 Å². The Labute approximate surface area is 199 Å². The second-order valence-corrected chi connectivity index (χ2v) is 8.90. The summed E-state index contributed by atoms with van der Waals surface area (Å²) in [4.78, 5) is 4.99. The molecule has 0 N–H and O–H groups in total. The summed E-state index contributed by atoms with van der Waals surface area (Å²) in [5.74, 6) is -1.47. The van der Waals surface area contributed by atoms with Crippen molar-refractivity contribution >= 4 is 11.8 Å². The molecule has 3 unspecified atom stereocenters. The molecule has 1 aromatic carbocycles. The van der Waals surface area contributed by atoms with Gasteiger partial charge in [-0.2, -0.15) is 5.10 Å². The Morgan fingerprint density at radius 1 is 1.21 bits per heavy atom. The molecule has 4 atom stereocenters. The third-order valence-electron chi connectivity index (χ3n) is 5.41. The van der Waals surface area contributed by atoms with Crippen molar-refractivity contribution in [3.8, 4) is 23.5 Å². The van der Waals surface area contributed by atoms with E-state index in [2.05, 4.69) is 16.0 Å². The topological polar surface area (TPSA) is 58.4 Å². The lowest BCUT2D eigenvalue weighted by Gasteiger charge is -2.38. The Morgan fingerprint density at radius 2 is 1.97 bits per heavy atom. The average molecular weight is 490 g/mol. The molecule has 178 valence electrons. The summed E-state index contributed by atoms with van der Waals surface area (Å²) in [6.07, 6.45) is 11.2. The molecule has 1 fully saturated rings. The van der Waals surface area contributed by atoms with Gasteiger partial charge in [-0.25, -0.2) is 13.2 Å². The number of rotatable bonds is 9. The predicted molar refractivity (Wildman–Crippen MR) is 120 cm³/mol. The number of thioether (sulfide) groups is 1. The normalized spacial score (nSPS) is 19.3. The molecule has 0 spiro atoms. The maximum atomic E-state index is 13.6. The Balaban J connectivity index is 1.54. The Morgan fingerprint density at radius 3 is 2.59 bits per heavy atom. The number of pyridine rings is 1. The molecule has 3 heterocycles. The second-order valence-electron chi connectivity index (χ2n) is 7.73.